The van der Waals surface area contributed by atoms with Crippen molar-refractivity contribution in [2.24, 2.45) is 5.73 Å². The van der Waals surface area contributed by atoms with E-state index in [1.807, 2.05) is 0 Å². The van der Waals surface area contributed by atoms with E-state index in [4.69, 9.17) is 5.73 Å². The van der Waals surface area contributed by atoms with Gasteiger partial charge in [0.15, 0.2) is 0 Å². The monoisotopic (exact) mass is 171 g/mol. The van der Waals surface area contributed by atoms with Gasteiger partial charge in [-0.15, -0.1) is 0 Å². The van der Waals surface area contributed by atoms with Gasteiger partial charge < -0.3 is 5.73 Å². The average Bonchev–Trinajstić information content (AvgIpc) is 2.05. The summed E-state index contributed by atoms with van der Waals surface area (Å²) in [5, 5.41) is 0. The Morgan fingerprint density at radius 1 is 1.42 bits per heavy atom. The van der Waals surface area contributed by atoms with Crippen LogP contribution in [0.5, 0.6) is 0 Å². The van der Waals surface area contributed by atoms with Crippen LogP contribution in [-0.4, -0.2) is 6.54 Å². The third-order valence-corrected chi connectivity index (χ3v) is 1.63. The quantitative estimate of drug-likeness (QED) is 0.741. The molecule has 0 saturated carbocycles. The summed E-state index contributed by atoms with van der Waals surface area (Å²) < 4.78 is 25.6. The predicted octanol–water partition coefficient (Wildman–Crippen LogP) is 2.19. The number of hydrogen-bond acceptors (Lipinski definition) is 1. The summed E-state index contributed by atoms with van der Waals surface area (Å²) in [6, 6.07) is 5.54. The van der Waals surface area contributed by atoms with Crippen molar-refractivity contribution in [1.82, 2.24) is 0 Å². The molecule has 1 atom stereocenters. The molecule has 0 aliphatic carbocycles. The minimum atomic E-state index is -1.15. The summed E-state index contributed by atoms with van der Waals surface area (Å²) in [7, 11) is 0. The van der Waals surface area contributed by atoms with Crippen LogP contribution in [-0.2, 0) is 0 Å². The number of alkyl halides is 1. The van der Waals surface area contributed by atoms with Gasteiger partial charge in [0.25, 0.3) is 0 Å². The fraction of sp³-hybridized carbons (Fsp3) is 0.333. The van der Waals surface area contributed by atoms with Crippen molar-refractivity contribution < 1.29 is 8.78 Å². The fourth-order valence-corrected chi connectivity index (χ4v) is 1.01. The van der Waals surface area contributed by atoms with Gasteiger partial charge in [-0.3, -0.25) is 0 Å². The van der Waals surface area contributed by atoms with Crippen LogP contribution in [0.25, 0.3) is 0 Å². The summed E-state index contributed by atoms with van der Waals surface area (Å²) in [6.07, 6.45) is -0.908. The Morgan fingerprint density at radius 3 is 2.75 bits per heavy atom. The molecule has 0 radical (unpaired) electrons. The van der Waals surface area contributed by atoms with Crippen LogP contribution < -0.4 is 5.73 Å². The third kappa shape index (κ3) is 2.27. The van der Waals surface area contributed by atoms with Gasteiger partial charge in [0.05, 0.1) is 0 Å². The summed E-state index contributed by atoms with van der Waals surface area (Å²) >= 11 is 0. The zero-order chi connectivity index (χ0) is 8.97. The lowest BCUT2D eigenvalue weighted by Crippen LogP contribution is -2.03. The second kappa shape index (κ2) is 4.16. The van der Waals surface area contributed by atoms with E-state index in [0.717, 1.165) is 0 Å². The van der Waals surface area contributed by atoms with E-state index in [-0.39, 0.29) is 13.0 Å². The molecule has 3 heteroatoms. The molecule has 0 bridgehead atoms. The number of hydrogen-bond donors (Lipinski definition) is 1. The molecule has 0 spiro atoms. The van der Waals surface area contributed by atoms with Gasteiger partial charge in [-0.2, -0.15) is 0 Å². The highest BCUT2D eigenvalue weighted by Gasteiger charge is 2.08. The summed E-state index contributed by atoms with van der Waals surface area (Å²) in [5.41, 5.74) is 5.53. The second-order valence-electron chi connectivity index (χ2n) is 2.60. The van der Waals surface area contributed by atoms with Crippen molar-refractivity contribution in [3.63, 3.8) is 0 Å². The van der Waals surface area contributed by atoms with Gasteiger partial charge in [-0.1, -0.05) is 12.1 Å². The largest absolute Gasteiger partial charge is 0.330 e. The summed E-state index contributed by atoms with van der Waals surface area (Å²) in [4.78, 5) is 0. The van der Waals surface area contributed by atoms with Gasteiger partial charge >= 0.3 is 0 Å². The predicted molar refractivity (Wildman–Crippen MR) is 43.9 cm³/mol. The molecule has 0 heterocycles. The maximum absolute atomic E-state index is 13.1. The lowest BCUT2D eigenvalue weighted by Gasteiger charge is -2.05. The molecular weight excluding hydrogens is 160 g/mol. The van der Waals surface area contributed by atoms with Crippen LogP contribution in [0.4, 0.5) is 8.78 Å². The minimum Gasteiger partial charge on any atom is -0.330 e. The van der Waals surface area contributed by atoms with Gasteiger partial charge in [0.1, 0.15) is 12.0 Å². The first-order chi connectivity index (χ1) is 5.74. The molecule has 12 heavy (non-hydrogen) atoms. The molecule has 1 unspecified atom stereocenters. The van der Waals surface area contributed by atoms with Crippen molar-refractivity contribution >= 4 is 0 Å². The number of nitrogens with two attached hydrogens (primary N) is 1. The Hall–Kier alpha value is -0.960. The van der Waals surface area contributed by atoms with E-state index in [0.29, 0.717) is 5.56 Å². The van der Waals surface area contributed by atoms with Crippen LogP contribution >= 0.6 is 0 Å². The molecule has 1 aromatic rings. The molecule has 66 valence electrons. The lowest BCUT2D eigenvalue weighted by molar-refractivity contribution is 0.326. The molecule has 0 amide bonds. The molecule has 0 fully saturated rings. The standard InChI is InChI=1S/C9H11F2N/c10-8-3-1-2-7(6-8)9(11)4-5-12/h1-3,6,9H,4-5,12H2. The summed E-state index contributed by atoms with van der Waals surface area (Å²) in [6.45, 7) is 0.275. The second-order valence-corrected chi connectivity index (χ2v) is 2.60. The molecule has 1 rings (SSSR count). The Labute approximate surface area is 70.2 Å². The molecule has 0 aliphatic heterocycles. The van der Waals surface area contributed by atoms with E-state index >= 15 is 0 Å². The van der Waals surface area contributed by atoms with Gasteiger partial charge in [0, 0.05) is 0 Å². The normalized spacial score (nSPS) is 12.9. The van der Waals surface area contributed by atoms with E-state index in [1.165, 1.54) is 18.2 Å². The van der Waals surface area contributed by atoms with E-state index in [9.17, 15) is 8.78 Å². The SMILES string of the molecule is NCCC(F)c1cccc(F)c1. The van der Waals surface area contributed by atoms with Crippen molar-refractivity contribution in [3.05, 3.63) is 35.6 Å². The molecule has 0 saturated heterocycles. The van der Waals surface area contributed by atoms with Crippen LogP contribution in [0.15, 0.2) is 24.3 Å². The van der Waals surface area contributed by atoms with Crippen molar-refractivity contribution in [2.45, 2.75) is 12.6 Å². The Balaban J connectivity index is 2.73. The number of halogens is 2. The van der Waals surface area contributed by atoms with Crippen molar-refractivity contribution in [3.8, 4) is 0 Å². The minimum absolute atomic E-state index is 0.240. The van der Waals surface area contributed by atoms with Crippen molar-refractivity contribution in [2.75, 3.05) is 6.54 Å². The van der Waals surface area contributed by atoms with E-state index in [1.54, 1.807) is 6.07 Å². The highest BCUT2D eigenvalue weighted by atomic mass is 19.1. The Morgan fingerprint density at radius 2 is 2.17 bits per heavy atom. The van der Waals surface area contributed by atoms with Crippen molar-refractivity contribution in [1.29, 1.82) is 0 Å². The molecule has 0 aromatic heterocycles. The number of benzene rings is 1. The first-order valence-corrected chi connectivity index (χ1v) is 3.83. The van der Waals surface area contributed by atoms with Crippen LogP contribution in [0, 0.1) is 5.82 Å². The van der Waals surface area contributed by atoms with Gasteiger partial charge in [-0.05, 0) is 30.7 Å². The molecular formula is C9H11F2N. The molecule has 1 aromatic carbocycles. The van der Waals surface area contributed by atoms with E-state index < -0.39 is 12.0 Å². The topological polar surface area (TPSA) is 26.0 Å². The zero-order valence-corrected chi connectivity index (χ0v) is 6.63. The van der Waals surface area contributed by atoms with E-state index in [2.05, 4.69) is 0 Å². The lowest BCUT2D eigenvalue weighted by atomic mass is 10.1. The maximum atomic E-state index is 13.1. The Kier molecular flexibility index (Phi) is 3.17. The summed E-state index contributed by atoms with van der Waals surface area (Å²) in [5.74, 6) is -0.410. The fourth-order valence-electron chi connectivity index (χ4n) is 1.01. The van der Waals surface area contributed by atoms with Crippen LogP contribution in [0.2, 0.25) is 0 Å². The average molecular weight is 171 g/mol. The highest BCUT2D eigenvalue weighted by molar-refractivity contribution is 5.18. The third-order valence-electron chi connectivity index (χ3n) is 1.63. The first kappa shape index (κ1) is 9.13. The van der Waals surface area contributed by atoms with Gasteiger partial charge in [-0.25, -0.2) is 8.78 Å². The number of rotatable bonds is 3. The van der Waals surface area contributed by atoms with Crippen LogP contribution in [0.1, 0.15) is 18.2 Å². The first-order valence-electron chi connectivity index (χ1n) is 3.83. The van der Waals surface area contributed by atoms with Crippen LogP contribution in [0.3, 0.4) is 0 Å². The molecule has 1 nitrogen and oxygen atoms in total. The molecule has 2 N–H and O–H groups in total. The highest BCUT2D eigenvalue weighted by Crippen LogP contribution is 2.20. The zero-order valence-electron chi connectivity index (χ0n) is 6.63. The van der Waals surface area contributed by atoms with Gasteiger partial charge in [0.2, 0.25) is 0 Å². The Bertz CT molecular complexity index is 250. The molecule has 0 aliphatic rings. The maximum Gasteiger partial charge on any atom is 0.126 e. The smallest absolute Gasteiger partial charge is 0.126 e.